The third kappa shape index (κ3) is 3.89. The molecule has 6 nitrogen and oxygen atoms in total. The number of nitrogens with one attached hydrogen (secondary N) is 2. The first-order valence-corrected chi connectivity index (χ1v) is 8.19. The summed E-state index contributed by atoms with van der Waals surface area (Å²) in [5.74, 6) is 0. The molecule has 0 aliphatic rings. The average molecular weight is 360 g/mol. The molecule has 0 amide bonds. The Hall–Kier alpha value is -4.78. The lowest BCUT2D eigenvalue weighted by Crippen LogP contribution is -2.00. The molecular formula is C22H12N6. The summed E-state index contributed by atoms with van der Waals surface area (Å²) in [7, 11) is 0. The lowest BCUT2D eigenvalue weighted by Gasteiger charge is -2.13. The van der Waals surface area contributed by atoms with Gasteiger partial charge in [-0.3, -0.25) is 0 Å². The van der Waals surface area contributed by atoms with Crippen LogP contribution in [-0.2, 0) is 0 Å². The van der Waals surface area contributed by atoms with E-state index in [1.54, 1.807) is 60.7 Å². The molecule has 3 aromatic carbocycles. The molecule has 0 fully saturated rings. The molecule has 0 saturated heterocycles. The van der Waals surface area contributed by atoms with Crippen molar-refractivity contribution in [3.05, 3.63) is 82.9 Å². The predicted molar refractivity (Wildman–Crippen MR) is 105 cm³/mol. The molecule has 0 aliphatic carbocycles. The number of hydrogen-bond donors (Lipinski definition) is 2. The number of nitriles is 4. The van der Waals surface area contributed by atoms with Crippen molar-refractivity contribution in [3.63, 3.8) is 0 Å². The van der Waals surface area contributed by atoms with Crippen LogP contribution >= 0.6 is 0 Å². The normalized spacial score (nSPS) is 9.29. The van der Waals surface area contributed by atoms with Crippen LogP contribution < -0.4 is 10.6 Å². The Bertz CT molecular complexity index is 1120. The highest BCUT2D eigenvalue weighted by molar-refractivity contribution is 5.77. The third-order valence-electron chi connectivity index (χ3n) is 3.94. The predicted octanol–water partition coefficient (Wildman–Crippen LogP) is 4.66. The SMILES string of the molecule is N#Cc1cccc(Nc2cc(C#N)c(Nc3cccc(C#N)c3)cc2C#N)c1. The fraction of sp³-hybridized carbons (Fsp3) is 0. The molecule has 2 N–H and O–H groups in total. The Morgan fingerprint density at radius 2 is 0.964 bits per heavy atom. The van der Waals surface area contributed by atoms with Gasteiger partial charge in [-0.15, -0.1) is 0 Å². The van der Waals surface area contributed by atoms with Gasteiger partial charge in [0.2, 0.25) is 0 Å². The smallest absolute Gasteiger partial charge is 0.101 e. The van der Waals surface area contributed by atoms with Crippen molar-refractivity contribution in [2.45, 2.75) is 0 Å². The molecule has 0 saturated carbocycles. The maximum atomic E-state index is 9.54. The zero-order valence-corrected chi connectivity index (χ0v) is 14.6. The Morgan fingerprint density at radius 1 is 0.536 bits per heavy atom. The molecule has 3 rings (SSSR count). The summed E-state index contributed by atoms with van der Waals surface area (Å²) in [6, 6.07) is 25.2. The van der Waals surface area contributed by atoms with Crippen LogP contribution in [0.4, 0.5) is 22.7 Å². The van der Waals surface area contributed by atoms with E-state index in [0.29, 0.717) is 45.0 Å². The lowest BCUT2D eigenvalue weighted by molar-refractivity contribution is 1.41. The Balaban J connectivity index is 1.98. The summed E-state index contributed by atoms with van der Waals surface area (Å²) in [5.41, 5.74) is 3.85. The van der Waals surface area contributed by atoms with Gasteiger partial charge < -0.3 is 10.6 Å². The highest BCUT2D eigenvalue weighted by Gasteiger charge is 2.11. The molecule has 28 heavy (non-hydrogen) atoms. The number of hydrogen-bond acceptors (Lipinski definition) is 6. The van der Waals surface area contributed by atoms with E-state index < -0.39 is 0 Å². The van der Waals surface area contributed by atoms with Gasteiger partial charge in [-0.05, 0) is 48.5 Å². The summed E-state index contributed by atoms with van der Waals surface area (Å²) < 4.78 is 0. The minimum Gasteiger partial charge on any atom is -0.354 e. The molecule has 0 spiro atoms. The summed E-state index contributed by atoms with van der Waals surface area (Å²) >= 11 is 0. The molecular weight excluding hydrogens is 348 g/mol. The fourth-order valence-corrected chi connectivity index (χ4v) is 2.64. The average Bonchev–Trinajstić information content (AvgIpc) is 2.74. The number of nitrogens with zero attached hydrogens (tertiary/aromatic N) is 4. The summed E-state index contributed by atoms with van der Waals surface area (Å²) in [4.78, 5) is 0. The van der Waals surface area contributed by atoms with Crippen LogP contribution in [0.25, 0.3) is 0 Å². The van der Waals surface area contributed by atoms with Crippen molar-refractivity contribution in [3.8, 4) is 24.3 Å². The van der Waals surface area contributed by atoms with Crippen molar-refractivity contribution >= 4 is 22.7 Å². The van der Waals surface area contributed by atoms with Gasteiger partial charge in [0.1, 0.15) is 12.1 Å². The van der Waals surface area contributed by atoms with E-state index in [2.05, 4.69) is 34.9 Å². The highest BCUT2D eigenvalue weighted by atomic mass is 14.9. The van der Waals surface area contributed by atoms with Crippen molar-refractivity contribution in [2.75, 3.05) is 10.6 Å². The largest absolute Gasteiger partial charge is 0.354 e. The van der Waals surface area contributed by atoms with Gasteiger partial charge in [0.05, 0.1) is 45.8 Å². The van der Waals surface area contributed by atoms with Crippen molar-refractivity contribution in [1.29, 1.82) is 21.0 Å². The van der Waals surface area contributed by atoms with E-state index in [4.69, 9.17) is 10.5 Å². The van der Waals surface area contributed by atoms with E-state index >= 15 is 0 Å². The first-order chi connectivity index (χ1) is 13.7. The quantitative estimate of drug-likeness (QED) is 0.698. The molecule has 130 valence electrons. The van der Waals surface area contributed by atoms with Crippen LogP contribution in [0.1, 0.15) is 22.3 Å². The zero-order chi connectivity index (χ0) is 19.9. The first-order valence-electron chi connectivity index (χ1n) is 8.19. The molecule has 0 atom stereocenters. The fourth-order valence-electron chi connectivity index (χ4n) is 2.64. The van der Waals surface area contributed by atoms with E-state index in [1.165, 1.54) is 0 Å². The summed E-state index contributed by atoms with van der Waals surface area (Å²) in [6.07, 6.45) is 0. The van der Waals surface area contributed by atoms with Gasteiger partial charge in [-0.1, -0.05) is 12.1 Å². The van der Waals surface area contributed by atoms with Gasteiger partial charge >= 0.3 is 0 Å². The summed E-state index contributed by atoms with van der Waals surface area (Å²) in [6.45, 7) is 0. The molecule has 3 aromatic rings. The third-order valence-corrected chi connectivity index (χ3v) is 3.94. The number of anilines is 4. The van der Waals surface area contributed by atoms with Crippen molar-refractivity contribution in [1.82, 2.24) is 0 Å². The summed E-state index contributed by atoms with van der Waals surface area (Å²) in [5, 5.41) is 43.3. The van der Waals surface area contributed by atoms with E-state index in [1.807, 2.05) is 0 Å². The second-order valence-electron chi connectivity index (χ2n) is 5.80. The lowest BCUT2D eigenvalue weighted by atomic mass is 10.1. The van der Waals surface area contributed by atoms with E-state index in [9.17, 15) is 10.5 Å². The molecule has 0 unspecified atom stereocenters. The van der Waals surface area contributed by atoms with E-state index in [-0.39, 0.29) is 0 Å². The van der Waals surface area contributed by atoms with Gasteiger partial charge in [-0.2, -0.15) is 21.0 Å². The number of rotatable bonds is 4. The highest BCUT2D eigenvalue weighted by Crippen LogP contribution is 2.29. The van der Waals surface area contributed by atoms with Crippen LogP contribution in [0, 0.1) is 45.3 Å². The Morgan fingerprint density at radius 3 is 1.32 bits per heavy atom. The van der Waals surface area contributed by atoms with Gasteiger partial charge in [0.25, 0.3) is 0 Å². The van der Waals surface area contributed by atoms with Crippen LogP contribution in [-0.4, -0.2) is 0 Å². The second kappa shape index (κ2) is 8.07. The van der Waals surface area contributed by atoms with Gasteiger partial charge in [0.15, 0.2) is 0 Å². The molecule has 6 heteroatoms. The van der Waals surface area contributed by atoms with Crippen LogP contribution in [0.3, 0.4) is 0 Å². The molecule has 0 radical (unpaired) electrons. The molecule has 0 bridgehead atoms. The maximum absolute atomic E-state index is 9.54. The van der Waals surface area contributed by atoms with Crippen LogP contribution in [0.5, 0.6) is 0 Å². The van der Waals surface area contributed by atoms with Gasteiger partial charge in [-0.25, -0.2) is 0 Å². The minimum absolute atomic E-state index is 0.334. The monoisotopic (exact) mass is 360 g/mol. The van der Waals surface area contributed by atoms with Crippen LogP contribution in [0.15, 0.2) is 60.7 Å². The topological polar surface area (TPSA) is 119 Å². The second-order valence-corrected chi connectivity index (χ2v) is 5.80. The van der Waals surface area contributed by atoms with Crippen molar-refractivity contribution < 1.29 is 0 Å². The molecule has 0 aromatic heterocycles. The Labute approximate surface area is 162 Å². The maximum Gasteiger partial charge on any atom is 0.101 e. The first kappa shape index (κ1) is 18.0. The zero-order valence-electron chi connectivity index (χ0n) is 14.6. The van der Waals surface area contributed by atoms with E-state index in [0.717, 1.165) is 0 Å². The minimum atomic E-state index is 0.334. The number of benzene rings is 3. The molecule has 0 heterocycles. The van der Waals surface area contributed by atoms with Crippen molar-refractivity contribution in [2.24, 2.45) is 0 Å². The molecule has 0 aliphatic heterocycles. The Kier molecular flexibility index (Phi) is 5.19. The van der Waals surface area contributed by atoms with Gasteiger partial charge in [0, 0.05) is 11.4 Å². The van der Waals surface area contributed by atoms with Crippen LogP contribution in [0.2, 0.25) is 0 Å². The standard InChI is InChI=1S/C22H12N6/c23-11-15-3-1-5-19(7-15)27-21-9-18(14-26)22(10-17(21)13-25)28-20-6-2-4-16(8-20)12-24/h1-10,27-28H.